The number of hydrogen-bond acceptors (Lipinski definition) is 7. The van der Waals surface area contributed by atoms with Crippen molar-refractivity contribution in [2.24, 2.45) is 0 Å². The fraction of sp³-hybridized carbons (Fsp3) is 0.484. The van der Waals surface area contributed by atoms with Crippen molar-refractivity contribution in [1.29, 1.82) is 0 Å². The zero-order valence-corrected chi connectivity index (χ0v) is 25.3. The Morgan fingerprint density at radius 1 is 1.00 bits per heavy atom. The van der Waals surface area contributed by atoms with Crippen molar-refractivity contribution in [2.45, 2.75) is 60.2 Å². The van der Waals surface area contributed by atoms with Gasteiger partial charge in [-0.15, -0.1) is 0 Å². The summed E-state index contributed by atoms with van der Waals surface area (Å²) in [4.78, 5) is 54.4. The van der Waals surface area contributed by atoms with Gasteiger partial charge in [0.15, 0.2) is 5.78 Å². The number of Topliss-reactive ketones (excluding diaryl/α,β-unsaturated/α-hetero) is 1. The molecule has 0 aromatic heterocycles. The number of benzene rings is 2. The first kappa shape index (κ1) is 31.6. The smallest absolute Gasteiger partial charge is 0.410 e. The Kier molecular flexibility index (Phi) is 10.5. The molecule has 2 aromatic rings. The number of amides is 3. The van der Waals surface area contributed by atoms with Gasteiger partial charge in [-0.1, -0.05) is 36.4 Å². The lowest BCUT2D eigenvalue weighted by molar-refractivity contribution is -0.145. The van der Waals surface area contributed by atoms with Crippen LogP contribution in [0.2, 0.25) is 0 Å². The number of carbonyl (C=O) groups excluding carboxylic acids is 4. The molecule has 0 bridgehead atoms. The first-order valence-corrected chi connectivity index (χ1v) is 14.0. The van der Waals surface area contributed by atoms with Crippen LogP contribution in [0.1, 0.15) is 61.7 Å². The van der Waals surface area contributed by atoms with Crippen molar-refractivity contribution < 1.29 is 23.9 Å². The predicted octanol–water partition coefficient (Wildman–Crippen LogP) is 3.77. The van der Waals surface area contributed by atoms with E-state index in [1.807, 2.05) is 37.1 Å². The van der Waals surface area contributed by atoms with E-state index < -0.39 is 11.7 Å². The second-order valence-electron chi connectivity index (χ2n) is 11.3. The molecule has 0 fully saturated rings. The minimum atomic E-state index is -0.613. The number of nitrogens with one attached hydrogen (secondary N) is 1. The van der Waals surface area contributed by atoms with Crippen LogP contribution in [0, 0.1) is 6.92 Å². The molecule has 41 heavy (non-hydrogen) atoms. The van der Waals surface area contributed by atoms with Crippen molar-refractivity contribution in [3.8, 4) is 0 Å². The van der Waals surface area contributed by atoms with Crippen LogP contribution in [0.4, 0.5) is 10.5 Å². The number of fused-ring (bicyclic) bond motifs is 1. The molecule has 0 unspecified atom stereocenters. The molecule has 0 radical (unpaired) electrons. The van der Waals surface area contributed by atoms with Gasteiger partial charge >= 0.3 is 6.09 Å². The lowest BCUT2D eigenvalue weighted by atomic mass is 10.1. The van der Waals surface area contributed by atoms with Gasteiger partial charge in [0.25, 0.3) is 5.91 Å². The lowest BCUT2D eigenvalue weighted by Gasteiger charge is -2.32. The van der Waals surface area contributed by atoms with Gasteiger partial charge in [0.2, 0.25) is 5.91 Å². The molecule has 1 aliphatic rings. The maximum Gasteiger partial charge on any atom is 0.410 e. The number of carbonyl (C=O) groups is 4. The van der Waals surface area contributed by atoms with Crippen LogP contribution in [0.15, 0.2) is 42.5 Å². The molecular formula is C31H43N5O5. The molecule has 1 aliphatic heterocycles. The first-order valence-electron chi connectivity index (χ1n) is 14.0. The maximum absolute atomic E-state index is 13.5. The number of anilines is 1. The Bertz CT molecular complexity index is 1250. The fourth-order valence-electron chi connectivity index (χ4n) is 4.61. The van der Waals surface area contributed by atoms with Gasteiger partial charge in [0.05, 0.1) is 13.1 Å². The van der Waals surface area contributed by atoms with E-state index in [1.54, 1.807) is 49.9 Å². The number of hydrogen-bond donors (Lipinski definition) is 1. The minimum absolute atomic E-state index is 0.0576. The molecule has 0 saturated carbocycles. The number of aryl methyl sites for hydroxylation is 1. The molecule has 2 aromatic carbocycles. The molecule has 10 heteroatoms. The van der Waals surface area contributed by atoms with Gasteiger partial charge in [0, 0.05) is 51.0 Å². The van der Waals surface area contributed by atoms with E-state index in [4.69, 9.17) is 4.74 Å². The molecule has 3 rings (SSSR count). The van der Waals surface area contributed by atoms with Gasteiger partial charge in [-0.25, -0.2) is 9.80 Å². The third-order valence-electron chi connectivity index (χ3n) is 6.96. The largest absolute Gasteiger partial charge is 0.444 e. The highest BCUT2D eigenvalue weighted by Crippen LogP contribution is 2.25. The molecule has 1 N–H and O–H groups in total. The highest BCUT2D eigenvalue weighted by atomic mass is 16.6. The molecular weight excluding hydrogens is 522 g/mol. The molecule has 0 aliphatic carbocycles. The summed E-state index contributed by atoms with van der Waals surface area (Å²) in [6.45, 7) is 12.7. The Morgan fingerprint density at radius 2 is 1.63 bits per heavy atom. The summed E-state index contributed by atoms with van der Waals surface area (Å²) in [6.07, 6.45) is -0.440. The van der Waals surface area contributed by atoms with Gasteiger partial charge in [-0.2, -0.15) is 0 Å². The predicted molar refractivity (Wildman–Crippen MR) is 158 cm³/mol. The number of rotatable bonds is 11. The van der Waals surface area contributed by atoms with Crippen LogP contribution in [0.25, 0.3) is 0 Å². The SMILES string of the molecule is CCN(CCNC(=O)CN(CC(=O)N(C)N1Cc2ccccc2C1)c1cc(C(C)=O)ccc1C)C(=O)OC(C)(C)C. The van der Waals surface area contributed by atoms with E-state index in [9.17, 15) is 19.2 Å². The molecule has 10 nitrogen and oxygen atoms in total. The lowest BCUT2D eigenvalue weighted by Crippen LogP contribution is -2.48. The number of ether oxygens (including phenoxy) is 1. The number of nitrogens with zero attached hydrogens (tertiary/aromatic N) is 4. The summed E-state index contributed by atoms with van der Waals surface area (Å²) in [6, 6.07) is 13.4. The zero-order valence-electron chi connectivity index (χ0n) is 25.3. The highest BCUT2D eigenvalue weighted by molar-refractivity contribution is 5.96. The summed E-state index contributed by atoms with van der Waals surface area (Å²) < 4.78 is 5.44. The van der Waals surface area contributed by atoms with E-state index in [-0.39, 0.29) is 43.8 Å². The number of hydrazine groups is 1. The van der Waals surface area contributed by atoms with Crippen molar-refractivity contribution in [2.75, 3.05) is 44.7 Å². The number of likely N-dealkylation sites (N-methyl/N-ethyl adjacent to an activating group) is 2. The molecule has 0 saturated heterocycles. The van der Waals surface area contributed by atoms with Gasteiger partial charge in [0.1, 0.15) is 5.60 Å². The second-order valence-corrected chi connectivity index (χ2v) is 11.3. The third-order valence-corrected chi connectivity index (χ3v) is 6.96. The Hall–Kier alpha value is -3.92. The Balaban J connectivity index is 1.70. The molecule has 1 heterocycles. The summed E-state index contributed by atoms with van der Waals surface area (Å²) in [5.74, 6) is -0.585. The summed E-state index contributed by atoms with van der Waals surface area (Å²) in [5, 5.41) is 6.44. The maximum atomic E-state index is 13.5. The average molecular weight is 566 g/mol. The highest BCUT2D eigenvalue weighted by Gasteiger charge is 2.27. The summed E-state index contributed by atoms with van der Waals surface area (Å²) >= 11 is 0. The van der Waals surface area contributed by atoms with Gasteiger partial charge < -0.3 is 19.9 Å². The minimum Gasteiger partial charge on any atom is -0.444 e. The molecule has 0 atom stereocenters. The average Bonchev–Trinajstić information content (AvgIpc) is 3.33. The van der Waals surface area contributed by atoms with Crippen LogP contribution < -0.4 is 10.2 Å². The summed E-state index contributed by atoms with van der Waals surface area (Å²) in [7, 11) is 1.74. The Labute approximate surface area is 243 Å². The van der Waals surface area contributed by atoms with Crippen molar-refractivity contribution in [3.63, 3.8) is 0 Å². The van der Waals surface area contributed by atoms with E-state index in [0.717, 1.165) is 5.56 Å². The topological polar surface area (TPSA) is 103 Å². The van der Waals surface area contributed by atoms with E-state index in [2.05, 4.69) is 17.4 Å². The first-order chi connectivity index (χ1) is 19.3. The second kappa shape index (κ2) is 13.6. The van der Waals surface area contributed by atoms with E-state index in [1.165, 1.54) is 23.0 Å². The normalized spacial score (nSPS) is 12.9. The van der Waals surface area contributed by atoms with E-state index >= 15 is 0 Å². The van der Waals surface area contributed by atoms with Crippen LogP contribution >= 0.6 is 0 Å². The monoisotopic (exact) mass is 565 g/mol. The number of ketones is 1. The summed E-state index contributed by atoms with van der Waals surface area (Å²) in [5.41, 5.74) is 3.74. The molecule has 0 spiro atoms. The Morgan fingerprint density at radius 3 is 2.20 bits per heavy atom. The molecule has 3 amide bonds. The van der Waals surface area contributed by atoms with Crippen LogP contribution in [-0.4, -0.2) is 84.0 Å². The molecule has 222 valence electrons. The van der Waals surface area contributed by atoms with E-state index in [0.29, 0.717) is 30.9 Å². The van der Waals surface area contributed by atoms with Crippen molar-refractivity contribution >= 4 is 29.4 Å². The fourth-order valence-corrected chi connectivity index (χ4v) is 4.61. The van der Waals surface area contributed by atoms with Crippen molar-refractivity contribution in [3.05, 3.63) is 64.7 Å². The van der Waals surface area contributed by atoms with Gasteiger partial charge in [-0.05, 0) is 64.3 Å². The van der Waals surface area contributed by atoms with Crippen LogP contribution in [0.5, 0.6) is 0 Å². The quantitative estimate of drug-likeness (QED) is 0.414. The van der Waals surface area contributed by atoms with Crippen LogP contribution in [0.3, 0.4) is 0 Å². The van der Waals surface area contributed by atoms with Gasteiger partial charge in [-0.3, -0.25) is 19.4 Å². The van der Waals surface area contributed by atoms with Crippen molar-refractivity contribution in [1.82, 2.24) is 20.2 Å². The zero-order chi connectivity index (χ0) is 30.3. The van der Waals surface area contributed by atoms with Crippen LogP contribution in [-0.2, 0) is 27.4 Å². The third kappa shape index (κ3) is 8.78. The standard InChI is InChI=1S/C31H43N5O5/c1-8-34(30(40)41-31(4,5)6)16-15-32-28(38)20-35(27-17-24(23(3)37)14-13-22(27)2)21-29(39)33(7)36-18-25-11-9-10-12-26(25)19-36/h9-14,17H,8,15-16,18-21H2,1-7H3,(H,32,38).